The number of carbonyl (C=O) groups excluding carboxylic acids is 1. The number of amides is 1. The number of carbonyl (C=O) groups is 1. The van der Waals surface area contributed by atoms with Crippen LogP contribution in [0.3, 0.4) is 0 Å². The second-order valence-electron chi connectivity index (χ2n) is 5.72. The highest BCUT2D eigenvalue weighted by atomic mass is 16.1. The molecule has 106 valence electrons. The highest BCUT2D eigenvalue weighted by Gasteiger charge is 2.17. The Bertz CT molecular complexity index is 611. The van der Waals surface area contributed by atoms with Crippen molar-refractivity contribution >= 4 is 22.9 Å². The van der Waals surface area contributed by atoms with Gasteiger partial charge < -0.3 is 4.57 Å². The molecule has 0 bridgehead atoms. The zero-order chi connectivity index (χ0) is 13.9. The van der Waals surface area contributed by atoms with E-state index in [1.165, 1.54) is 25.7 Å². The SMILES string of the molecule is Cn1c(NC(=O)CCC2CCCC2)nc2ccccc21. The molecule has 4 nitrogen and oxygen atoms in total. The maximum atomic E-state index is 12.0. The van der Waals surface area contributed by atoms with Crippen LogP contribution >= 0.6 is 0 Å². The average Bonchev–Trinajstić information content (AvgIpc) is 3.07. The van der Waals surface area contributed by atoms with Crippen LogP contribution < -0.4 is 5.32 Å². The van der Waals surface area contributed by atoms with Crippen molar-refractivity contribution in [2.24, 2.45) is 13.0 Å². The molecule has 1 aliphatic rings. The van der Waals surface area contributed by atoms with Crippen molar-refractivity contribution in [3.05, 3.63) is 24.3 Å². The number of nitrogens with one attached hydrogen (secondary N) is 1. The summed E-state index contributed by atoms with van der Waals surface area (Å²) in [6.45, 7) is 0. The lowest BCUT2D eigenvalue weighted by Gasteiger charge is -2.08. The van der Waals surface area contributed by atoms with Gasteiger partial charge in [-0.15, -0.1) is 0 Å². The number of imidazole rings is 1. The zero-order valence-corrected chi connectivity index (χ0v) is 11.9. The number of para-hydroxylation sites is 2. The summed E-state index contributed by atoms with van der Waals surface area (Å²) in [6.07, 6.45) is 6.86. The van der Waals surface area contributed by atoms with Crippen molar-refractivity contribution in [3.8, 4) is 0 Å². The Morgan fingerprint density at radius 3 is 2.85 bits per heavy atom. The van der Waals surface area contributed by atoms with Gasteiger partial charge in [0, 0.05) is 13.5 Å². The minimum atomic E-state index is 0.0790. The molecule has 0 saturated heterocycles. The van der Waals surface area contributed by atoms with Gasteiger partial charge in [-0.1, -0.05) is 37.8 Å². The van der Waals surface area contributed by atoms with E-state index in [1.807, 2.05) is 35.9 Å². The molecule has 0 spiro atoms. The Balaban J connectivity index is 1.63. The normalized spacial score (nSPS) is 15.8. The van der Waals surface area contributed by atoms with Crippen molar-refractivity contribution in [1.82, 2.24) is 9.55 Å². The molecule has 0 unspecified atom stereocenters. The molecule has 0 radical (unpaired) electrons. The van der Waals surface area contributed by atoms with Gasteiger partial charge in [0.2, 0.25) is 11.9 Å². The quantitative estimate of drug-likeness (QED) is 0.925. The Labute approximate surface area is 119 Å². The highest BCUT2D eigenvalue weighted by molar-refractivity contribution is 5.91. The first-order chi connectivity index (χ1) is 9.74. The lowest BCUT2D eigenvalue weighted by molar-refractivity contribution is -0.116. The van der Waals surface area contributed by atoms with Gasteiger partial charge in [-0.3, -0.25) is 10.1 Å². The fourth-order valence-corrected chi connectivity index (χ4v) is 3.08. The minimum Gasteiger partial charge on any atom is -0.313 e. The maximum absolute atomic E-state index is 12.0. The first-order valence-corrected chi connectivity index (χ1v) is 7.45. The number of anilines is 1. The fraction of sp³-hybridized carbons (Fsp3) is 0.500. The highest BCUT2D eigenvalue weighted by Crippen LogP contribution is 2.28. The third kappa shape index (κ3) is 2.69. The van der Waals surface area contributed by atoms with E-state index < -0.39 is 0 Å². The molecule has 1 aromatic carbocycles. The predicted molar refractivity (Wildman–Crippen MR) is 80.5 cm³/mol. The monoisotopic (exact) mass is 271 g/mol. The zero-order valence-electron chi connectivity index (χ0n) is 11.9. The summed E-state index contributed by atoms with van der Waals surface area (Å²) in [5.74, 6) is 1.47. The Morgan fingerprint density at radius 2 is 2.10 bits per heavy atom. The van der Waals surface area contributed by atoms with E-state index in [1.54, 1.807) is 0 Å². The van der Waals surface area contributed by atoms with Gasteiger partial charge in [-0.2, -0.15) is 0 Å². The lowest BCUT2D eigenvalue weighted by atomic mass is 10.0. The summed E-state index contributed by atoms with van der Waals surface area (Å²) in [4.78, 5) is 16.5. The molecule has 1 aliphatic carbocycles. The van der Waals surface area contributed by atoms with Gasteiger partial charge in [0.1, 0.15) is 0 Å². The summed E-state index contributed by atoms with van der Waals surface area (Å²) < 4.78 is 1.93. The molecule has 0 atom stereocenters. The number of rotatable bonds is 4. The van der Waals surface area contributed by atoms with Gasteiger partial charge in [-0.05, 0) is 24.5 Å². The van der Waals surface area contributed by atoms with Crippen LogP contribution in [0.15, 0.2) is 24.3 Å². The van der Waals surface area contributed by atoms with Crippen molar-refractivity contribution < 1.29 is 4.79 Å². The second-order valence-corrected chi connectivity index (χ2v) is 5.72. The molecule has 3 rings (SSSR count). The first-order valence-electron chi connectivity index (χ1n) is 7.45. The molecule has 2 aromatic rings. The van der Waals surface area contributed by atoms with E-state index in [0.29, 0.717) is 12.4 Å². The number of hydrogen-bond acceptors (Lipinski definition) is 2. The summed E-state index contributed by atoms with van der Waals surface area (Å²) in [5.41, 5.74) is 1.96. The standard InChI is InChI=1S/C16H21N3O/c1-19-14-9-5-4-8-13(14)17-16(19)18-15(20)11-10-12-6-2-3-7-12/h4-5,8-9,12H,2-3,6-7,10-11H2,1H3,(H,17,18,20). The third-order valence-corrected chi connectivity index (χ3v) is 4.29. The van der Waals surface area contributed by atoms with Crippen molar-refractivity contribution in [1.29, 1.82) is 0 Å². The largest absolute Gasteiger partial charge is 0.313 e. The van der Waals surface area contributed by atoms with Gasteiger partial charge in [0.15, 0.2) is 0 Å². The summed E-state index contributed by atoms with van der Waals surface area (Å²) in [5, 5.41) is 2.94. The Morgan fingerprint density at radius 1 is 1.35 bits per heavy atom. The van der Waals surface area contributed by atoms with Crippen LogP contribution in [0.2, 0.25) is 0 Å². The predicted octanol–water partition coefficient (Wildman–Crippen LogP) is 3.48. The number of fused-ring (bicyclic) bond motifs is 1. The third-order valence-electron chi connectivity index (χ3n) is 4.29. The maximum Gasteiger partial charge on any atom is 0.226 e. The lowest BCUT2D eigenvalue weighted by Crippen LogP contribution is -2.15. The van der Waals surface area contributed by atoms with E-state index >= 15 is 0 Å². The molecular formula is C16H21N3O. The topological polar surface area (TPSA) is 46.9 Å². The van der Waals surface area contributed by atoms with Crippen LogP contribution in [-0.4, -0.2) is 15.5 Å². The number of nitrogens with zero attached hydrogens (tertiary/aromatic N) is 2. The van der Waals surface area contributed by atoms with Crippen LogP contribution in [0.5, 0.6) is 0 Å². The number of benzene rings is 1. The minimum absolute atomic E-state index is 0.0790. The summed E-state index contributed by atoms with van der Waals surface area (Å²) >= 11 is 0. The summed E-state index contributed by atoms with van der Waals surface area (Å²) in [7, 11) is 1.93. The molecule has 0 aliphatic heterocycles. The van der Waals surface area contributed by atoms with Gasteiger partial charge in [0.25, 0.3) is 0 Å². The fourth-order valence-electron chi connectivity index (χ4n) is 3.08. The van der Waals surface area contributed by atoms with Crippen molar-refractivity contribution in [2.75, 3.05) is 5.32 Å². The molecule has 1 aromatic heterocycles. The first kappa shape index (κ1) is 13.2. The molecule has 4 heteroatoms. The molecule has 1 saturated carbocycles. The molecule has 1 N–H and O–H groups in total. The number of aryl methyl sites for hydroxylation is 1. The van der Waals surface area contributed by atoms with E-state index in [4.69, 9.17) is 0 Å². The smallest absolute Gasteiger partial charge is 0.226 e. The average molecular weight is 271 g/mol. The second kappa shape index (κ2) is 5.65. The Hall–Kier alpha value is -1.84. The van der Waals surface area contributed by atoms with Gasteiger partial charge in [0.05, 0.1) is 11.0 Å². The molecule has 1 amide bonds. The molecule has 20 heavy (non-hydrogen) atoms. The van der Waals surface area contributed by atoms with Gasteiger partial charge >= 0.3 is 0 Å². The molecule has 1 fully saturated rings. The van der Waals surface area contributed by atoms with E-state index in [2.05, 4.69) is 10.3 Å². The molecular weight excluding hydrogens is 250 g/mol. The van der Waals surface area contributed by atoms with Gasteiger partial charge in [-0.25, -0.2) is 4.98 Å². The summed E-state index contributed by atoms with van der Waals surface area (Å²) in [6, 6.07) is 7.91. The van der Waals surface area contributed by atoms with Crippen LogP contribution in [0.4, 0.5) is 5.95 Å². The Kier molecular flexibility index (Phi) is 3.72. The van der Waals surface area contributed by atoms with Crippen molar-refractivity contribution in [3.63, 3.8) is 0 Å². The van der Waals surface area contributed by atoms with Crippen LogP contribution in [0.1, 0.15) is 38.5 Å². The number of aromatic nitrogens is 2. The number of hydrogen-bond donors (Lipinski definition) is 1. The van der Waals surface area contributed by atoms with Crippen LogP contribution in [-0.2, 0) is 11.8 Å². The van der Waals surface area contributed by atoms with E-state index in [9.17, 15) is 4.79 Å². The molecule has 1 heterocycles. The van der Waals surface area contributed by atoms with Crippen LogP contribution in [0.25, 0.3) is 11.0 Å². The van der Waals surface area contributed by atoms with Crippen LogP contribution in [0, 0.1) is 5.92 Å². The van der Waals surface area contributed by atoms with E-state index in [0.717, 1.165) is 23.4 Å². The van der Waals surface area contributed by atoms with E-state index in [-0.39, 0.29) is 5.91 Å². The van der Waals surface area contributed by atoms with Crippen molar-refractivity contribution in [2.45, 2.75) is 38.5 Å².